The molecule has 1 saturated carbocycles. The van der Waals surface area contributed by atoms with Crippen LogP contribution in [0.15, 0.2) is 24.3 Å². The third-order valence-electron chi connectivity index (χ3n) is 4.93. The second-order valence-electron chi connectivity index (χ2n) is 6.32. The lowest BCUT2D eigenvalue weighted by Gasteiger charge is -2.27. The first-order valence-corrected chi connectivity index (χ1v) is 8.18. The molecular weight excluding hydrogens is 278 g/mol. The fraction of sp³-hybridized carbons (Fsp3) is 0.556. The van der Waals surface area contributed by atoms with Crippen LogP contribution in [0.5, 0.6) is 0 Å². The number of hydrogen-bond acceptors (Lipinski definition) is 3. The molecule has 1 aromatic rings. The van der Waals surface area contributed by atoms with Gasteiger partial charge in [0.15, 0.2) is 0 Å². The zero-order valence-electron chi connectivity index (χ0n) is 13.1. The number of para-hydroxylation sites is 1. The molecule has 1 atom stereocenters. The van der Waals surface area contributed by atoms with Crippen LogP contribution in [0, 0.1) is 5.92 Å². The predicted molar refractivity (Wildman–Crippen MR) is 84.7 cm³/mol. The number of ether oxygens (including phenoxy) is 1. The first kappa shape index (κ1) is 15.1. The van der Waals surface area contributed by atoms with Gasteiger partial charge in [0.2, 0.25) is 5.91 Å². The van der Waals surface area contributed by atoms with Crippen molar-refractivity contribution < 1.29 is 14.3 Å². The van der Waals surface area contributed by atoms with Crippen molar-refractivity contribution >= 4 is 17.6 Å². The molecule has 1 amide bonds. The van der Waals surface area contributed by atoms with Crippen molar-refractivity contribution in [1.29, 1.82) is 0 Å². The minimum absolute atomic E-state index is 0.0520. The maximum absolute atomic E-state index is 12.9. The van der Waals surface area contributed by atoms with E-state index in [2.05, 4.69) is 0 Å². The third-order valence-corrected chi connectivity index (χ3v) is 4.93. The molecule has 4 heteroatoms. The van der Waals surface area contributed by atoms with Crippen LogP contribution in [0.2, 0.25) is 0 Å². The Morgan fingerprint density at radius 1 is 1.18 bits per heavy atom. The number of benzene rings is 1. The van der Waals surface area contributed by atoms with Crippen molar-refractivity contribution in [2.45, 2.75) is 44.4 Å². The molecule has 0 aromatic heterocycles. The van der Waals surface area contributed by atoms with Gasteiger partial charge in [-0.25, -0.2) is 0 Å². The number of fused-ring (bicyclic) bond motifs is 1. The number of rotatable bonds is 3. The van der Waals surface area contributed by atoms with Crippen LogP contribution in [0.1, 0.15) is 50.0 Å². The van der Waals surface area contributed by atoms with Gasteiger partial charge in [0.25, 0.3) is 0 Å². The Morgan fingerprint density at radius 2 is 1.91 bits per heavy atom. The van der Waals surface area contributed by atoms with E-state index < -0.39 is 0 Å². The molecule has 0 bridgehead atoms. The topological polar surface area (TPSA) is 46.6 Å². The Bertz CT molecular complexity index is 563. The molecule has 118 valence electrons. The van der Waals surface area contributed by atoms with Gasteiger partial charge in [0.1, 0.15) is 0 Å². The molecule has 1 fully saturated rings. The summed E-state index contributed by atoms with van der Waals surface area (Å²) in [4.78, 5) is 26.4. The lowest BCUT2D eigenvalue weighted by molar-refractivity contribution is -0.141. The average molecular weight is 301 g/mol. The fourth-order valence-corrected chi connectivity index (χ4v) is 3.73. The Kier molecular flexibility index (Phi) is 4.46. The van der Waals surface area contributed by atoms with Gasteiger partial charge in [-0.15, -0.1) is 0 Å². The second-order valence-corrected chi connectivity index (χ2v) is 6.32. The van der Waals surface area contributed by atoms with Crippen molar-refractivity contribution in [2.24, 2.45) is 5.92 Å². The van der Waals surface area contributed by atoms with E-state index in [4.69, 9.17) is 4.74 Å². The minimum Gasteiger partial charge on any atom is -0.469 e. The summed E-state index contributed by atoms with van der Waals surface area (Å²) in [5.74, 6) is 0.223. The van der Waals surface area contributed by atoms with Crippen molar-refractivity contribution in [3.63, 3.8) is 0 Å². The fourth-order valence-electron chi connectivity index (χ4n) is 3.73. The van der Waals surface area contributed by atoms with E-state index in [1.165, 1.54) is 13.5 Å². The summed E-state index contributed by atoms with van der Waals surface area (Å²) in [6.45, 7) is 0.601. The summed E-state index contributed by atoms with van der Waals surface area (Å²) in [6, 6.07) is 7.95. The van der Waals surface area contributed by atoms with Crippen molar-refractivity contribution in [1.82, 2.24) is 0 Å². The minimum atomic E-state index is -0.216. The van der Waals surface area contributed by atoms with Crippen molar-refractivity contribution in [3.05, 3.63) is 29.8 Å². The summed E-state index contributed by atoms with van der Waals surface area (Å²) < 4.78 is 4.80. The smallest absolute Gasteiger partial charge is 0.306 e. The lowest BCUT2D eigenvalue weighted by atomic mass is 9.88. The highest BCUT2D eigenvalue weighted by Gasteiger charge is 2.36. The molecule has 4 nitrogen and oxygen atoms in total. The lowest BCUT2D eigenvalue weighted by Crippen LogP contribution is -2.36. The molecule has 1 unspecified atom stereocenters. The van der Waals surface area contributed by atoms with E-state index in [9.17, 15) is 9.59 Å². The van der Waals surface area contributed by atoms with Gasteiger partial charge in [-0.3, -0.25) is 9.59 Å². The molecule has 0 radical (unpaired) electrons. The Labute approximate surface area is 131 Å². The van der Waals surface area contributed by atoms with Crippen LogP contribution in [0.3, 0.4) is 0 Å². The predicted octanol–water partition coefficient (Wildman–Crippen LogP) is 3.26. The van der Waals surface area contributed by atoms with Crippen LogP contribution >= 0.6 is 0 Å². The molecule has 1 aromatic carbocycles. The molecule has 0 saturated heterocycles. The maximum Gasteiger partial charge on any atom is 0.306 e. The summed E-state index contributed by atoms with van der Waals surface area (Å²) in [5.41, 5.74) is 2.07. The summed E-state index contributed by atoms with van der Waals surface area (Å²) in [5, 5.41) is 0. The first-order chi connectivity index (χ1) is 10.7. The van der Waals surface area contributed by atoms with E-state index in [-0.39, 0.29) is 23.7 Å². The number of anilines is 1. The van der Waals surface area contributed by atoms with Gasteiger partial charge in [-0.2, -0.15) is 0 Å². The quantitative estimate of drug-likeness (QED) is 0.805. The third kappa shape index (κ3) is 2.87. The van der Waals surface area contributed by atoms with E-state index in [0.717, 1.165) is 36.9 Å². The molecule has 22 heavy (non-hydrogen) atoms. The molecular formula is C18H23NO3. The molecule has 0 N–H and O–H groups in total. The number of carbonyl (C=O) groups excluding carboxylic acids is 2. The monoisotopic (exact) mass is 301 g/mol. The van der Waals surface area contributed by atoms with Gasteiger partial charge >= 0.3 is 5.97 Å². The SMILES string of the molecule is COC(=O)CC1CN(C(=O)C2CCCCC2)c2ccccc21. The average Bonchev–Trinajstić information content (AvgIpc) is 2.93. The normalized spacial score (nSPS) is 21.5. The van der Waals surface area contributed by atoms with Gasteiger partial charge in [-0.05, 0) is 24.5 Å². The van der Waals surface area contributed by atoms with Crippen molar-refractivity contribution in [2.75, 3.05) is 18.6 Å². The zero-order chi connectivity index (χ0) is 15.5. The van der Waals surface area contributed by atoms with Crippen LogP contribution in [-0.2, 0) is 14.3 Å². The maximum atomic E-state index is 12.9. The van der Waals surface area contributed by atoms with Gasteiger partial charge in [0, 0.05) is 24.1 Å². The van der Waals surface area contributed by atoms with E-state index in [1.54, 1.807) is 0 Å². The number of hydrogen-bond donors (Lipinski definition) is 0. The summed E-state index contributed by atoms with van der Waals surface area (Å²) >= 11 is 0. The zero-order valence-corrected chi connectivity index (χ0v) is 13.1. The molecule has 0 spiro atoms. The van der Waals surface area contributed by atoms with E-state index >= 15 is 0 Å². The highest BCUT2D eigenvalue weighted by Crippen LogP contribution is 2.40. The summed E-state index contributed by atoms with van der Waals surface area (Å²) in [7, 11) is 1.41. The number of esters is 1. The first-order valence-electron chi connectivity index (χ1n) is 8.18. The molecule has 1 aliphatic heterocycles. The standard InChI is InChI=1S/C18H23NO3/c1-22-17(20)11-14-12-19(16-10-6-5-9-15(14)16)18(21)13-7-3-2-4-8-13/h5-6,9-10,13-14H,2-4,7-8,11-12H2,1H3. The van der Waals surface area contributed by atoms with Crippen LogP contribution in [-0.4, -0.2) is 25.5 Å². The van der Waals surface area contributed by atoms with E-state index in [1.807, 2.05) is 29.2 Å². The van der Waals surface area contributed by atoms with Gasteiger partial charge in [0.05, 0.1) is 13.5 Å². The van der Waals surface area contributed by atoms with Crippen LogP contribution < -0.4 is 4.90 Å². The Balaban J connectivity index is 1.81. The highest BCUT2D eigenvalue weighted by atomic mass is 16.5. The largest absolute Gasteiger partial charge is 0.469 e. The number of methoxy groups -OCH3 is 1. The number of carbonyl (C=O) groups is 2. The molecule has 2 aliphatic rings. The molecule has 1 heterocycles. The van der Waals surface area contributed by atoms with Gasteiger partial charge < -0.3 is 9.64 Å². The Hall–Kier alpha value is -1.84. The van der Waals surface area contributed by atoms with E-state index in [0.29, 0.717) is 13.0 Å². The van der Waals surface area contributed by atoms with Crippen LogP contribution in [0.25, 0.3) is 0 Å². The highest BCUT2D eigenvalue weighted by molar-refractivity contribution is 5.97. The number of amides is 1. The van der Waals surface area contributed by atoms with Crippen molar-refractivity contribution in [3.8, 4) is 0 Å². The number of nitrogens with zero attached hydrogens (tertiary/aromatic N) is 1. The van der Waals surface area contributed by atoms with Gasteiger partial charge in [-0.1, -0.05) is 37.5 Å². The summed E-state index contributed by atoms with van der Waals surface area (Å²) in [6.07, 6.45) is 5.88. The second kappa shape index (κ2) is 6.51. The molecule has 1 aliphatic carbocycles. The van der Waals surface area contributed by atoms with Crippen LogP contribution in [0.4, 0.5) is 5.69 Å². The Morgan fingerprint density at radius 3 is 2.64 bits per heavy atom. The molecule has 3 rings (SSSR count).